The maximum Gasteiger partial charge on any atom is 0.270 e. The molecule has 0 aromatic carbocycles. The molecule has 1 aromatic heterocycles. The third-order valence-electron chi connectivity index (χ3n) is 3.89. The number of amides is 1. The van der Waals surface area contributed by atoms with Gasteiger partial charge in [0.1, 0.15) is 5.69 Å². The molecule has 4 heteroatoms. The molecule has 1 aromatic rings. The van der Waals surface area contributed by atoms with Crippen LogP contribution in [0, 0.1) is 23.7 Å². The van der Waals surface area contributed by atoms with Crippen LogP contribution in [0.4, 0.5) is 0 Å². The summed E-state index contributed by atoms with van der Waals surface area (Å²) in [6, 6.07) is 3.90. The summed E-state index contributed by atoms with van der Waals surface area (Å²) in [6.07, 6.45) is 6.64. The molecule has 2 aliphatic carbocycles. The quantitative estimate of drug-likeness (QED) is 0.810. The standard InChI is InChI=1S/C16H19N3O/c17-9-1-2-11-3-8-14(18-10-11)16(20)19-15(12-4-5-12)13-6-7-13/h3,8,10,12-13,15H,4-7,9,17H2,(H,19,20). The Hall–Kier alpha value is -1.86. The molecule has 0 unspecified atom stereocenters. The van der Waals surface area contributed by atoms with Crippen molar-refractivity contribution in [3.05, 3.63) is 29.6 Å². The highest BCUT2D eigenvalue weighted by Crippen LogP contribution is 2.44. The van der Waals surface area contributed by atoms with Crippen molar-refractivity contribution in [3.8, 4) is 11.8 Å². The summed E-state index contributed by atoms with van der Waals surface area (Å²) in [5.74, 6) is 7.00. The van der Waals surface area contributed by atoms with E-state index >= 15 is 0 Å². The fourth-order valence-electron chi connectivity index (χ4n) is 2.51. The minimum atomic E-state index is -0.0628. The fraction of sp³-hybridized carbons (Fsp3) is 0.500. The molecule has 104 valence electrons. The van der Waals surface area contributed by atoms with E-state index in [4.69, 9.17) is 5.73 Å². The van der Waals surface area contributed by atoms with Crippen LogP contribution >= 0.6 is 0 Å². The van der Waals surface area contributed by atoms with E-state index in [0.29, 0.717) is 30.1 Å². The lowest BCUT2D eigenvalue weighted by molar-refractivity contribution is 0.0921. The van der Waals surface area contributed by atoms with Crippen LogP contribution < -0.4 is 11.1 Å². The molecular formula is C16H19N3O. The van der Waals surface area contributed by atoms with Crippen LogP contribution in [-0.4, -0.2) is 23.5 Å². The first-order valence-corrected chi connectivity index (χ1v) is 7.24. The molecule has 1 amide bonds. The van der Waals surface area contributed by atoms with E-state index in [9.17, 15) is 4.79 Å². The van der Waals surface area contributed by atoms with Crippen molar-refractivity contribution in [2.45, 2.75) is 31.7 Å². The minimum Gasteiger partial charge on any atom is -0.347 e. The summed E-state index contributed by atoms with van der Waals surface area (Å²) in [7, 11) is 0. The van der Waals surface area contributed by atoms with Crippen LogP contribution in [0.3, 0.4) is 0 Å². The molecule has 2 fully saturated rings. The van der Waals surface area contributed by atoms with E-state index in [-0.39, 0.29) is 5.91 Å². The highest BCUT2D eigenvalue weighted by molar-refractivity contribution is 5.92. The minimum absolute atomic E-state index is 0.0628. The van der Waals surface area contributed by atoms with Crippen molar-refractivity contribution in [2.24, 2.45) is 17.6 Å². The third kappa shape index (κ3) is 3.17. The Morgan fingerprint density at radius 2 is 2.05 bits per heavy atom. The van der Waals surface area contributed by atoms with Gasteiger partial charge in [0.05, 0.1) is 6.54 Å². The van der Waals surface area contributed by atoms with Gasteiger partial charge in [0.15, 0.2) is 0 Å². The lowest BCUT2D eigenvalue weighted by Gasteiger charge is -2.17. The number of hydrogen-bond acceptors (Lipinski definition) is 3. The van der Waals surface area contributed by atoms with E-state index in [1.807, 2.05) is 6.07 Å². The van der Waals surface area contributed by atoms with Crippen LogP contribution in [-0.2, 0) is 0 Å². The van der Waals surface area contributed by atoms with Crippen molar-refractivity contribution in [3.63, 3.8) is 0 Å². The molecule has 20 heavy (non-hydrogen) atoms. The zero-order valence-corrected chi connectivity index (χ0v) is 11.4. The highest BCUT2D eigenvalue weighted by atomic mass is 16.1. The molecule has 1 heterocycles. The molecule has 4 nitrogen and oxygen atoms in total. The molecule has 3 N–H and O–H groups in total. The number of aromatic nitrogens is 1. The Labute approximate surface area is 119 Å². The van der Waals surface area contributed by atoms with Crippen molar-refractivity contribution in [1.29, 1.82) is 0 Å². The molecule has 0 aliphatic heterocycles. The third-order valence-corrected chi connectivity index (χ3v) is 3.89. The Kier molecular flexibility index (Phi) is 3.70. The molecular weight excluding hydrogens is 250 g/mol. The number of pyridine rings is 1. The summed E-state index contributed by atoms with van der Waals surface area (Å²) in [5, 5.41) is 3.16. The van der Waals surface area contributed by atoms with E-state index in [2.05, 4.69) is 22.1 Å². The van der Waals surface area contributed by atoms with Crippen molar-refractivity contribution >= 4 is 5.91 Å². The van der Waals surface area contributed by atoms with E-state index in [1.54, 1.807) is 12.3 Å². The average molecular weight is 269 g/mol. The number of carbonyl (C=O) groups is 1. The fourth-order valence-corrected chi connectivity index (χ4v) is 2.51. The molecule has 0 atom stereocenters. The van der Waals surface area contributed by atoms with Crippen molar-refractivity contribution < 1.29 is 4.79 Å². The molecule has 2 saturated carbocycles. The van der Waals surface area contributed by atoms with Gasteiger partial charge in [0.2, 0.25) is 0 Å². The lowest BCUT2D eigenvalue weighted by atomic mass is 10.1. The molecule has 0 radical (unpaired) electrons. The zero-order valence-electron chi connectivity index (χ0n) is 11.4. The first kappa shape index (κ1) is 13.1. The van der Waals surface area contributed by atoms with Gasteiger partial charge in [-0.05, 0) is 49.7 Å². The first-order valence-electron chi connectivity index (χ1n) is 7.24. The molecule has 0 spiro atoms. The van der Waals surface area contributed by atoms with Crippen molar-refractivity contribution in [1.82, 2.24) is 10.3 Å². The van der Waals surface area contributed by atoms with Gasteiger partial charge < -0.3 is 11.1 Å². The largest absolute Gasteiger partial charge is 0.347 e. The molecule has 2 aliphatic rings. The van der Waals surface area contributed by atoms with Crippen LogP contribution in [0.25, 0.3) is 0 Å². The van der Waals surface area contributed by atoms with Gasteiger partial charge in [-0.25, -0.2) is 4.98 Å². The number of nitrogens with two attached hydrogens (primary N) is 1. The summed E-state index contributed by atoms with van der Waals surface area (Å²) in [5.41, 5.74) is 6.57. The van der Waals surface area contributed by atoms with Gasteiger partial charge in [-0.2, -0.15) is 0 Å². The zero-order chi connectivity index (χ0) is 13.9. The second kappa shape index (κ2) is 5.64. The van der Waals surface area contributed by atoms with Gasteiger partial charge >= 0.3 is 0 Å². The molecule has 3 rings (SSSR count). The van der Waals surface area contributed by atoms with Gasteiger partial charge in [0, 0.05) is 17.8 Å². The Balaban J connectivity index is 1.64. The van der Waals surface area contributed by atoms with Crippen molar-refractivity contribution in [2.75, 3.05) is 6.54 Å². The second-order valence-electron chi connectivity index (χ2n) is 5.61. The Morgan fingerprint density at radius 3 is 2.55 bits per heavy atom. The Morgan fingerprint density at radius 1 is 1.35 bits per heavy atom. The lowest BCUT2D eigenvalue weighted by Crippen LogP contribution is -2.38. The first-order chi connectivity index (χ1) is 9.78. The normalized spacial score (nSPS) is 17.5. The van der Waals surface area contributed by atoms with Crippen LogP contribution in [0.5, 0.6) is 0 Å². The predicted octanol–water partition coefficient (Wildman–Crippen LogP) is 1.31. The van der Waals surface area contributed by atoms with Gasteiger partial charge in [0.25, 0.3) is 5.91 Å². The summed E-state index contributed by atoms with van der Waals surface area (Å²) in [6.45, 7) is 0.326. The van der Waals surface area contributed by atoms with E-state index in [1.165, 1.54) is 25.7 Å². The van der Waals surface area contributed by atoms with E-state index in [0.717, 1.165) is 5.56 Å². The van der Waals surface area contributed by atoms with Gasteiger partial charge in [-0.15, -0.1) is 0 Å². The number of carbonyl (C=O) groups excluding carboxylic acids is 1. The van der Waals surface area contributed by atoms with Gasteiger partial charge in [-0.1, -0.05) is 11.8 Å². The van der Waals surface area contributed by atoms with Crippen LogP contribution in [0.2, 0.25) is 0 Å². The van der Waals surface area contributed by atoms with E-state index < -0.39 is 0 Å². The monoisotopic (exact) mass is 269 g/mol. The molecule has 0 saturated heterocycles. The summed E-state index contributed by atoms with van der Waals surface area (Å²) >= 11 is 0. The average Bonchev–Trinajstić information content (AvgIpc) is 3.36. The summed E-state index contributed by atoms with van der Waals surface area (Å²) in [4.78, 5) is 16.4. The number of hydrogen-bond donors (Lipinski definition) is 2. The maximum absolute atomic E-state index is 12.2. The maximum atomic E-state index is 12.2. The number of rotatable bonds is 4. The Bertz CT molecular complexity index is 535. The predicted molar refractivity (Wildman–Crippen MR) is 76.9 cm³/mol. The number of nitrogens with one attached hydrogen (secondary N) is 1. The smallest absolute Gasteiger partial charge is 0.270 e. The topological polar surface area (TPSA) is 68.0 Å². The number of nitrogens with zero attached hydrogens (tertiary/aromatic N) is 1. The SMILES string of the molecule is NCC#Cc1ccc(C(=O)NC(C2CC2)C2CC2)nc1. The van der Waals surface area contributed by atoms with Crippen LogP contribution in [0.1, 0.15) is 41.7 Å². The molecule has 0 bridgehead atoms. The summed E-state index contributed by atoms with van der Waals surface area (Å²) < 4.78 is 0. The van der Waals surface area contributed by atoms with Crippen LogP contribution in [0.15, 0.2) is 18.3 Å². The second-order valence-corrected chi connectivity index (χ2v) is 5.61. The highest BCUT2D eigenvalue weighted by Gasteiger charge is 2.42. The van der Waals surface area contributed by atoms with Gasteiger partial charge in [-0.3, -0.25) is 4.79 Å².